The Morgan fingerprint density at radius 1 is 0.906 bits per heavy atom. The Kier molecular flexibility index (Phi) is 8.57. The van der Waals surface area contributed by atoms with Crippen LogP contribution in [0.15, 0.2) is 91.1 Å². The first-order valence-corrected chi connectivity index (χ1v) is 10.5. The van der Waals surface area contributed by atoms with Crippen LogP contribution >= 0.6 is 0 Å². The van der Waals surface area contributed by atoms with Crippen LogP contribution in [-0.2, 0) is 22.6 Å². The number of alkyl carbamates (subject to hydrolysis) is 1. The van der Waals surface area contributed by atoms with Crippen molar-refractivity contribution in [2.45, 2.75) is 32.0 Å². The fraction of sp³-hybridized carbons (Fsp3) is 0.192. The average molecular weight is 430 g/mol. The molecule has 0 fully saturated rings. The van der Waals surface area contributed by atoms with Crippen LogP contribution in [0.1, 0.15) is 23.7 Å². The molecule has 0 aliphatic rings. The van der Waals surface area contributed by atoms with Crippen LogP contribution in [0.3, 0.4) is 0 Å². The molecule has 0 spiro atoms. The Balaban J connectivity index is 1.61. The predicted octanol–water partition coefficient (Wildman–Crippen LogP) is 4.14. The lowest BCUT2D eigenvalue weighted by molar-refractivity contribution is -0.123. The summed E-state index contributed by atoms with van der Waals surface area (Å²) in [5.74, 6) is -0.288. The summed E-state index contributed by atoms with van der Waals surface area (Å²) in [6.45, 7) is 2.00. The Hall–Kier alpha value is -3.93. The monoisotopic (exact) mass is 429 g/mol. The van der Waals surface area contributed by atoms with E-state index in [1.165, 1.54) is 0 Å². The molecule has 1 aromatic heterocycles. The van der Waals surface area contributed by atoms with Crippen LogP contribution in [0, 0.1) is 0 Å². The highest BCUT2D eigenvalue weighted by Crippen LogP contribution is 2.06. The van der Waals surface area contributed by atoms with Gasteiger partial charge in [0.05, 0.1) is 5.69 Å². The minimum absolute atomic E-state index is 0.134. The SMILES string of the molecule is CC(C=Cc1ccccn1)NC(=O)C(Cc1ccccc1)NC(=O)OCc1ccccc1. The maximum atomic E-state index is 12.9. The fourth-order valence-electron chi connectivity index (χ4n) is 3.06. The number of aromatic nitrogens is 1. The van der Waals surface area contributed by atoms with E-state index in [1.54, 1.807) is 6.20 Å². The molecule has 164 valence electrons. The summed E-state index contributed by atoms with van der Waals surface area (Å²) in [5.41, 5.74) is 2.62. The second-order valence-corrected chi connectivity index (χ2v) is 7.36. The van der Waals surface area contributed by atoms with E-state index in [0.29, 0.717) is 6.42 Å². The van der Waals surface area contributed by atoms with Crippen LogP contribution in [0.2, 0.25) is 0 Å². The zero-order chi connectivity index (χ0) is 22.6. The number of carbonyl (C=O) groups excluding carboxylic acids is 2. The van der Waals surface area contributed by atoms with E-state index in [1.807, 2.05) is 97.9 Å². The predicted molar refractivity (Wildman–Crippen MR) is 125 cm³/mol. The van der Waals surface area contributed by atoms with Crippen molar-refractivity contribution in [1.29, 1.82) is 0 Å². The number of ether oxygens (including phenoxy) is 1. The highest BCUT2D eigenvalue weighted by molar-refractivity contribution is 5.86. The van der Waals surface area contributed by atoms with Crippen molar-refractivity contribution in [3.63, 3.8) is 0 Å². The van der Waals surface area contributed by atoms with Gasteiger partial charge in [-0.2, -0.15) is 0 Å². The highest BCUT2D eigenvalue weighted by Gasteiger charge is 2.23. The zero-order valence-corrected chi connectivity index (χ0v) is 18.0. The largest absolute Gasteiger partial charge is 0.445 e. The molecule has 32 heavy (non-hydrogen) atoms. The standard InChI is InChI=1S/C26H27N3O3/c1-20(15-16-23-14-8-9-17-27-23)28-25(30)24(18-21-10-4-2-5-11-21)29-26(31)32-19-22-12-6-3-7-13-22/h2-17,20,24H,18-19H2,1H3,(H,28,30)(H,29,31). The van der Waals surface area contributed by atoms with Gasteiger partial charge in [-0.15, -0.1) is 0 Å². The van der Waals surface area contributed by atoms with Crippen molar-refractivity contribution in [3.8, 4) is 0 Å². The summed E-state index contributed by atoms with van der Waals surface area (Å²) < 4.78 is 5.30. The van der Waals surface area contributed by atoms with Crippen LogP contribution in [0.5, 0.6) is 0 Å². The first kappa shape index (κ1) is 22.7. The first-order chi connectivity index (χ1) is 15.6. The van der Waals surface area contributed by atoms with Crippen molar-refractivity contribution >= 4 is 18.1 Å². The third-order valence-electron chi connectivity index (χ3n) is 4.72. The quantitative estimate of drug-likeness (QED) is 0.536. The van der Waals surface area contributed by atoms with E-state index in [-0.39, 0.29) is 18.6 Å². The molecule has 2 aromatic carbocycles. The summed E-state index contributed by atoms with van der Waals surface area (Å²) in [5, 5.41) is 5.63. The maximum Gasteiger partial charge on any atom is 0.408 e. The summed E-state index contributed by atoms with van der Waals surface area (Å²) >= 11 is 0. The molecule has 6 nitrogen and oxygen atoms in total. The number of nitrogens with zero attached hydrogens (tertiary/aromatic N) is 1. The second-order valence-electron chi connectivity index (χ2n) is 7.36. The molecule has 0 aliphatic carbocycles. The van der Waals surface area contributed by atoms with Crippen molar-refractivity contribution in [1.82, 2.24) is 15.6 Å². The molecular formula is C26H27N3O3. The molecule has 0 bridgehead atoms. The molecule has 2 N–H and O–H groups in total. The van der Waals surface area contributed by atoms with Gasteiger partial charge in [-0.3, -0.25) is 9.78 Å². The highest BCUT2D eigenvalue weighted by atomic mass is 16.5. The molecule has 2 amide bonds. The van der Waals surface area contributed by atoms with E-state index in [9.17, 15) is 9.59 Å². The van der Waals surface area contributed by atoms with E-state index < -0.39 is 12.1 Å². The molecule has 6 heteroatoms. The van der Waals surface area contributed by atoms with Gasteiger partial charge < -0.3 is 15.4 Å². The van der Waals surface area contributed by atoms with Crippen LogP contribution in [0.25, 0.3) is 6.08 Å². The van der Waals surface area contributed by atoms with E-state index >= 15 is 0 Å². The van der Waals surface area contributed by atoms with Gasteiger partial charge in [-0.1, -0.05) is 72.8 Å². The molecule has 0 aliphatic heterocycles. The van der Waals surface area contributed by atoms with Gasteiger partial charge in [0.2, 0.25) is 5.91 Å². The van der Waals surface area contributed by atoms with E-state index in [2.05, 4.69) is 15.6 Å². The molecule has 1 heterocycles. The lowest BCUT2D eigenvalue weighted by atomic mass is 10.1. The molecule has 0 saturated carbocycles. The van der Waals surface area contributed by atoms with E-state index in [0.717, 1.165) is 16.8 Å². The number of amides is 2. The molecule has 3 aromatic rings. The molecule has 0 saturated heterocycles. The minimum atomic E-state index is -0.772. The third-order valence-corrected chi connectivity index (χ3v) is 4.72. The number of hydrogen-bond donors (Lipinski definition) is 2. The molecule has 3 rings (SSSR count). The van der Waals surface area contributed by atoms with Crippen molar-refractivity contribution < 1.29 is 14.3 Å². The first-order valence-electron chi connectivity index (χ1n) is 10.5. The Morgan fingerprint density at radius 3 is 2.22 bits per heavy atom. The summed E-state index contributed by atoms with van der Waals surface area (Å²) in [6, 6.07) is 23.5. The number of nitrogens with one attached hydrogen (secondary N) is 2. The number of benzene rings is 2. The minimum Gasteiger partial charge on any atom is -0.445 e. The third kappa shape index (κ3) is 7.72. The topological polar surface area (TPSA) is 80.3 Å². The van der Waals surface area contributed by atoms with Crippen molar-refractivity contribution in [2.24, 2.45) is 0 Å². The number of rotatable bonds is 9. The Labute approximate surface area is 188 Å². The number of pyridine rings is 1. The smallest absolute Gasteiger partial charge is 0.408 e. The van der Waals surface area contributed by atoms with Crippen LogP contribution in [-0.4, -0.2) is 29.1 Å². The van der Waals surface area contributed by atoms with Crippen LogP contribution < -0.4 is 10.6 Å². The molecule has 2 atom stereocenters. The lowest BCUT2D eigenvalue weighted by Crippen LogP contribution is -2.50. The molecular weight excluding hydrogens is 402 g/mol. The summed E-state index contributed by atoms with van der Waals surface area (Å²) in [6.07, 6.45) is 5.13. The number of hydrogen-bond acceptors (Lipinski definition) is 4. The van der Waals surface area contributed by atoms with Crippen molar-refractivity contribution in [3.05, 3.63) is 108 Å². The Bertz CT molecular complexity index is 1010. The summed E-state index contributed by atoms with van der Waals surface area (Å²) in [4.78, 5) is 29.6. The van der Waals surface area contributed by atoms with Gasteiger partial charge in [0.1, 0.15) is 12.6 Å². The molecule has 0 radical (unpaired) electrons. The average Bonchev–Trinajstić information content (AvgIpc) is 2.83. The van der Waals surface area contributed by atoms with Gasteiger partial charge in [-0.05, 0) is 36.3 Å². The van der Waals surface area contributed by atoms with Gasteiger partial charge in [0.25, 0.3) is 0 Å². The fourth-order valence-corrected chi connectivity index (χ4v) is 3.06. The van der Waals surface area contributed by atoms with Gasteiger partial charge in [0, 0.05) is 18.7 Å². The normalized spacial score (nSPS) is 12.7. The lowest BCUT2D eigenvalue weighted by Gasteiger charge is -2.20. The van der Waals surface area contributed by atoms with Gasteiger partial charge >= 0.3 is 6.09 Å². The van der Waals surface area contributed by atoms with Gasteiger partial charge in [-0.25, -0.2) is 4.79 Å². The van der Waals surface area contributed by atoms with Crippen molar-refractivity contribution in [2.75, 3.05) is 0 Å². The maximum absolute atomic E-state index is 12.9. The zero-order valence-electron chi connectivity index (χ0n) is 18.0. The Morgan fingerprint density at radius 2 is 1.56 bits per heavy atom. The number of carbonyl (C=O) groups is 2. The summed E-state index contributed by atoms with van der Waals surface area (Å²) in [7, 11) is 0. The van der Waals surface area contributed by atoms with Gasteiger partial charge in [0.15, 0.2) is 0 Å². The molecule has 2 unspecified atom stereocenters. The van der Waals surface area contributed by atoms with Crippen LogP contribution in [0.4, 0.5) is 4.79 Å². The second kappa shape index (κ2) is 12.1. The van der Waals surface area contributed by atoms with E-state index in [4.69, 9.17) is 4.74 Å².